The first kappa shape index (κ1) is 9.78. The Kier molecular flexibility index (Phi) is 3.25. The van der Waals surface area contributed by atoms with Crippen LogP contribution in [0.25, 0.3) is 0 Å². The van der Waals surface area contributed by atoms with Crippen molar-refractivity contribution >= 4 is 0 Å². The van der Waals surface area contributed by atoms with Crippen molar-refractivity contribution in [1.82, 2.24) is 5.32 Å². The second-order valence-corrected chi connectivity index (χ2v) is 4.39. The Bertz CT molecular complexity index is 251. The molecule has 1 N–H and O–H groups in total. The highest BCUT2D eigenvalue weighted by atomic mass is 16.3. The van der Waals surface area contributed by atoms with E-state index in [1.165, 1.54) is 25.7 Å². The largest absolute Gasteiger partial charge is 0.468 e. The molecule has 1 saturated carbocycles. The van der Waals surface area contributed by atoms with E-state index >= 15 is 0 Å². The first-order valence-electron chi connectivity index (χ1n) is 5.60. The zero-order valence-electron chi connectivity index (χ0n) is 8.83. The third kappa shape index (κ3) is 2.61. The molecule has 14 heavy (non-hydrogen) atoms. The Hall–Kier alpha value is -0.760. The van der Waals surface area contributed by atoms with Gasteiger partial charge < -0.3 is 9.73 Å². The van der Waals surface area contributed by atoms with Crippen LogP contribution < -0.4 is 5.32 Å². The van der Waals surface area contributed by atoms with E-state index in [0.29, 0.717) is 6.04 Å². The minimum absolute atomic E-state index is 0.616. The van der Waals surface area contributed by atoms with Gasteiger partial charge in [-0.25, -0.2) is 0 Å². The molecule has 1 atom stereocenters. The summed E-state index contributed by atoms with van der Waals surface area (Å²) in [5.74, 6) is 2.01. The summed E-state index contributed by atoms with van der Waals surface area (Å²) in [4.78, 5) is 0. The SMILES string of the molecule is CC(CC1CCC1)NCc1ccco1. The first-order chi connectivity index (χ1) is 6.84. The summed E-state index contributed by atoms with van der Waals surface area (Å²) in [5.41, 5.74) is 0. The van der Waals surface area contributed by atoms with Crippen molar-refractivity contribution < 1.29 is 4.42 Å². The highest BCUT2D eigenvalue weighted by Crippen LogP contribution is 2.30. The van der Waals surface area contributed by atoms with Crippen LogP contribution >= 0.6 is 0 Å². The third-order valence-corrected chi connectivity index (χ3v) is 3.12. The molecule has 1 heterocycles. The number of hydrogen-bond acceptors (Lipinski definition) is 2. The lowest BCUT2D eigenvalue weighted by molar-refractivity contribution is 0.263. The minimum atomic E-state index is 0.616. The van der Waals surface area contributed by atoms with Crippen molar-refractivity contribution in [3.8, 4) is 0 Å². The zero-order chi connectivity index (χ0) is 9.80. The molecule has 1 aromatic rings. The van der Waals surface area contributed by atoms with Gasteiger partial charge in [0.25, 0.3) is 0 Å². The summed E-state index contributed by atoms with van der Waals surface area (Å²) in [6.07, 6.45) is 7.36. The second kappa shape index (κ2) is 4.65. The summed E-state index contributed by atoms with van der Waals surface area (Å²) in [6.45, 7) is 3.13. The van der Waals surface area contributed by atoms with E-state index in [-0.39, 0.29) is 0 Å². The van der Waals surface area contributed by atoms with Gasteiger partial charge in [0.1, 0.15) is 5.76 Å². The molecule has 1 fully saturated rings. The van der Waals surface area contributed by atoms with Gasteiger partial charge in [-0.15, -0.1) is 0 Å². The lowest BCUT2D eigenvalue weighted by Crippen LogP contribution is -2.29. The molecule has 1 aliphatic carbocycles. The van der Waals surface area contributed by atoms with Gasteiger partial charge in [0.05, 0.1) is 12.8 Å². The molecule has 1 aliphatic rings. The van der Waals surface area contributed by atoms with Crippen LogP contribution in [0.15, 0.2) is 22.8 Å². The fourth-order valence-corrected chi connectivity index (χ4v) is 2.00. The van der Waals surface area contributed by atoms with Gasteiger partial charge in [-0.05, 0) is 31.4 Å². The summed E-state index contributed by atoms with van der Waals surface area (Å²) < 4.78 is 5.27. The van der Waals surface area contributed by atoms with Crippen molar-refractivity contribution in [3.63, 3.8) is 0 Å². The van der Waals surface area contributed by atoms with Crippen LogP contribution in [-0.2, 0) is 6.54 Å². The number of hydrogen-bond donors (Lipinski definition) is 1. The summed E-state index contributed by atoms with van der Waals surface area (Å²) >= 11 is 0. The first-order valence-corrected chi connectivity index (χ1v) is 5.60. The van der Waals surface area contributed by atoms with Gasteiger partial charge in [-0.1, -0.05) is 19.3 Å². The van der Waals surface area contributed by atoms with Crippen molar-refractivity contribution in [2.24, 2.45) is 5.92 Å². The monoisotopic (exact) mass is 193 g/mol. The maximum Gasteiger partial charge on any atom is 0.117 e. The standard InChI is InChI=1S/C12H19NO/c1-10(8-11-4-2-5-11)13-9-12-6-3-7-14-12/h3,6-7,10-11,13H,2,4-5,8-9H2,1H3. The van der Waals surface area contributed by atoms with Crippen molar-refractivity contribution in [2.45, 2.75) is 45.2 Å². The van der Waals surface area contributed by atoms with E-state index in [4.69, 9.17) is 4.42 Å². The highest BCUT2D eigenvalue weighted by Gasteiger charge is 2.19. The zero-order valence-corrected chi connectivity index (χ0v) is 8.83. The molecular formula is C12H19NO. The summed E-state index contributed by atoms with van der Waals surface area (Å²) in [6, 6.07) is 4.57. The number of furan rings is 1. The van der Waals surface area contributed by atoms with Gasteiger partial charge in [0.2, 0.25) is 0 Å². The van der Waals surface area contributed by atoms with Crippen LogP contribution in [0.1, 0.15) is 38.4 Å². The lowest BCUT2D eigenvalue weighted by atomic mass is 9.81. The fraction of sp³-hybridized carbons (Fsp3) is 0.667. The maximum absolute atomic E-state index is 5.27. The van der Waals surface area contributed by atoms with Crippen LogP contribution in [0.4, 0.5) is 0 Å². The third-order valence-electron chi connectivity index (χ3n) is 3.12. The van der Waals surface area contributed by atoms with Gasteiger partial charge in [0.15, 0.2) is 0 Å². The topological polar surface area (TPSA) is 25.2 Å². The van der Waals surface area contributed by atoms with Crippen LogP contribution in [-0.4, -0.2) is 6.04 Å². The molecule has 0 aromatic carbocycles. The molecule has 0 amide bonds. The Balaban J connectivity index is 1.64. The molecule has 1 aromatic heterocycles. The molecule has 0 aliphatic heterocycles. The van der Waals surface area contributed by atoms with Gasteiger partial charge in [0, 0.05) is 6.04 Å². The Morgan fingerprint density at radius 1 is 1.57 bits per heavy atom. The lowest BCUT2D eigenvalue weighted by Gasteiger charge is -2.28. The Labute approximate surface area is 85.7 Å². The second-order valence-electron chi connectivity index (χ2n) is 4.39. The number of rotatable bonds is 5. The van der Waals surface area contributed by atoms with Crippen LogP contribution in [0.5, 0.6) is 0 Å². The average Bonchev–Trinajstić information content (AvgIpc) is 2.60. The predicted octanol–water partition coefficient (Wildman–Crippen LogP) is 2.95. The molecule has 78 valence electrons. The number of nitrogens with one attached hydrogen (secondary N) is 1. The maximum atomic E-state index is 5.27. The summed E-state index contributed by atoms with van der Waals surface area (Å²) in [7, 11) is 0. The van der Waals surface area contributed by atoms with Crippen molar-refractivity contribution in [3.05, 3.63) is 24.2 Å². The minimum Gasteiger partial charge on any atom is -0.468 e. The predicted molar refractivity (Wildman–Crippen MR) is 57.0 cm³/mol. The smallest absolute Gasteiger partial charge is 0.117 e. The molecule has 0 spiro atoms. The molecule has 2 rings (SSSR count). The molecule has 2 nitrogen and oxygen atoms in total. The van der Waals surface area contributed by atoms with Gasteiger partial charge >= 0.3 is 0 Å². The van der Waals surface area contributed by atoms with Crippen LogP contribution in [0.3, 0.4) is 0 Å². The average molecular weight is 193 g/mol. The molecule has 2 heteroatoms. The van der Waals surface area contributed by atoms with Crippen LogP contribution in [0, 0.1) is 5.92 Å². The normalized spacial score (nSPS) is 19.2. The van der Waals surface area contributed by atoms with E-state index in [2.05, 4.69) is 12.2 Å². The van der Waals surface area contributed by atoms with E-state index in [0.717, 1.165) is 18.2 Å². The summed E-state index contributed by atoms with van der Waals surface area (Å²) in [5, 5.41) is 3.49. The van der Waals surface area contributed by atoms with Gasteiger partial charge in [-0.3, -0.25) is 0 Å². The Morgan fingerprint density at radius 2 is 2.43 bits per heavy atom. The van der Waals surface area contributed by atoms with E-state index < -0.39 is 0 Å². The van der Waals surface area contributed by atoms with E-state index in [1.54, 1.807) is 6.26 Å². The molecule has 1 unspecified atom stereocenters. The van der Waals surface area contributed by atoms with Crippen molar-refractivity contribution in [2.75, 3.05) is 0 Å². The highest BCUT2D eigenvalue weighted by molar-refractivity contribution is 4.97. The van der Waals surface area contributed by atoms with E-state index in [9.17, 15) is 0 Å². The fourth-order valence-electron chi connectivity index (χ4n) is 2.00. The molecule has 0 radical (unpaired) electrons. The molecular weight excluding hydrogens is 174 g/mol. The van der Waals surface area contributed by atoms with Gasteiger partial charge in [-0.2, -0.15) is 0 Å². The molecule has 0 saturated heterocycles. The quantitative estimate of drug-likeness (QED) is 0.777. The van der Waals surface area contributed by atoms with E-state index in [1.807, 2.05) is 12.1 Å². The van der Waals surface area contributed by atoms with Crippen LogP contribution in [0.2, 0.25) is 0 Å². The Morgan fingerprint density at radius 3 is 3.00 bits per heavy atom. The van der Waals surface area contributed by atoms with Crippen molar-refractivity contribution in [1.29, 1.82) is 0 Å². The molecule has 0 bridgehead atoms.